The molecule has 2 nitrogen and oxygen atoms in total. The molecule has 0 heterocycles. The summed E-state index contributed by atoms with van der Waals surface area (Å²) >= 11 is 3.46. The Morgan fingerprint density at radius 2 is 1.94 bits per heavy atom. The largest absolute Gasteiger partial charge is 0.315 e. The molecule has 0 spiro atoms. The van der Waals surface area contributed by atoms with Crippen LogP contribution in [0.25, 0.3) is 0 Å². The SMILES string of the molecule is CCCNCC(C)N(C)Cc1ccc(Br)cc1. The highest BCUT2D eigenvalue weighted by atomic mass is 79.9. The molecule has 0 aliphatic carbocycles. The zero-order valence-electron chi connectivity index (χ0n) is 11.0. The van der Waals surface area contributed by atoms with Crippen molar-refractivity contribution in [3.8, 4) is 0 Å². The van der Waals surface area contributed by atoms with Gasteiger partial charge in [-0.05, 0) is 44.6 Å². The van der Waals surface area contributed by atoms with Crippen LogP contribution in [0.1, 0.15) is 25.8 Å². The smallest absolute Gasteiger partial charge is 0.0234 e. The predicted molar refractivity (Wildman–Crippen MR) is 78.2 cm³/mol. The maximum Gasteiger partial charge on any atom is 0.0234 e. The lowest BCUT2D eigenvalue weighted by molar-refractivity contribution is 0.243. The average Bonchev–Trinajstić information content (AvgIpc) is 2.32. The second kappa shape index (κ2) is 7.85. The van der Waals surface area contributed by atoms with E-state index in [4.69, 9.17) is 0 Å². The van der Waals surface area contributed by atoms with Crippen LogP contribution in [0.3, 0.4) is 0 Å². The Morgan fingerprint density at radius 3 is 2.53 bits per heavy atom. The summed E-state index contributed by atoms with van der Waals surface area (Å²) in [5, 5.41) is 3.46. The van der Waals surface area contributed by atoms with Crippen molar-refractivity contribution in [3.05, 3.63) is 34.3 Å². The van der Waals surface area contributed by atoms with E-state index in [1.54, 1.807) is 0 Å². The first-order valence-corrected chi connectivity index (χ1v) is 7.08. The second-order valence-corrected chi connectivity index (χ2v) is 5.51. The van der Waals surface area contributed by atoms with E-state index in [1.165, 1.54) is 12.0 Å². The highest BCUT2D eigenvalue weighted by molar-refractivity contribution is 9.10. The van der Waals surface area contributed by atoms with Gasteiger partial charge in [-0.2, -0.15) is 0 Å². The summed E-state index contributed by atoms with van der Waals surface area (Å²) in [5.41, 5.74) is 1.36. The van der Waals surface area contributed by atoms with E-state index < -0.39 is 0 Å². The summed E-state index contributed by atoms with van der Waals surface area (Å²) < 4.78 is 1.14. The summed E-state index contributed by atoms with van der Waals surface area (Å²) in [6.07, 6.45) is 1.20. The van der Waals surface area contributed by atoms with E-state index in [1.807, 2.05) is 0 Å². The molecule has 0 aliphatic heterocycles. The van der Waals surface area contributed by atoms with Gasteiger partial charge in [-0.15, -0.1) is 0 Å². The Labute approximate surface area is 114 Å². The van der Waals surface area contributed by atoms with Crippen molar-refractivity contribution in [2.24, 2.45) is 0 Å². The Bertz CT molecular complexity index is 311. The van der Waals surface area contributed by atoms with Crippen LogP contribution in [0.4, 0.5) is 0 Å². The highest BCUT2D eigenvalue weighted by Crippen LogP contribution is 2.12. The van der Waals surface area contributed by atoms with Crippen LogP contribution in [-0.2, 0) is 6.54 Å². The predicted octanol–water partition coefficient (Wildman–Crippen LogP) is 3.27. The lowest BCUT2D eigenvalue weighted by Gasteiger charge is -2.25. The molecule has 1 unspecified atom stereocenters. The summed E-state index contributed by atoms with van der Waals surface area (Å²) in [6, 6.07) is 9.11. The zero-order chi connectivity index (χ0) is 12.7. The molecule has 0 bridgehead atoms. The third-order valence-electron chi connectivity index (χ3n) is 2.96. The van der Waals surface area contributed by atoms with E-state index in [0.717, 1.165) is 24.1 Å². The summed E-state index contributed by atoms with van der Waals surface area (Å²) in [5.74, 6) is 0. The molecule has 1 atom stereocenters. The molecular formula is C14H23BrN2. The van der Waals surface area contributed by atoms with Crippen molar-refractivity contribution in [2.75, 3.05) is 20.1 Å². The van der Waals surface area contributed by atoms with Crippen molar-refractivity contribution in [1.29, 1.82) is 0 Å². The van der Waals surface area contributed by atoms with E-state index in [9.17, 15) is 0 Å². The normalized spacial score (nSPS) is 13.0. The molecule has 96 valence electrons. The highest BCUT2D eigenvalue weighted by Gasteiger charge is 2.08. The van der Waals surface area contributed by atoms with Crippen LogP contribution in [0, 0.1) is 0 Å². The molecule has 1 N–H and O–H groups in total. The topological polar surface area (TPSA) is 15.3 Å². The third-order valence-corrected chi connectivity index (χ3v) is 3.49. The minimum absolute atomic E-state index is 0.560. The molecular weight excluding hydrogens is 276 g/mol. The van der Waals surface area contributed by atoms with Gasteiger partial charge in [0.05, 0.1) is 0 Å². The number of hydrogen-bond acceptors (Lipinski definition) is 2. The van der Waals surface area contributed by atoms with Crippen molar-refractivity contribution in [2.45, 2.75) is 32.9 Å². The molecule has 3 heteroatoms. The molecule has 0 radical (unpaired) electrons. The number of nitrogens with zero attached hydrogens (tertiary/aromatic N) is 1. The van der Waals surface area contributed by atoms with Crippen molar-refractivity contribution < 1.29 is 0 Å². The molecule has 1 aromatic rings. The van der Waals surface area contributed by atoms with Gasteiger partial charge in [0.1, 0.15) is 0 Å². The van der Waals surface area contributed by atoms with Gasteiger partial charge in [-0.1, -0.05) is 35.0 Å². The Kier molecular flexibility index (Phi) is 6.78. The van der Waals surface area contributed by atoms with E-state index >= 15 is 0 Å². The molecule has 1 aromatic carbocycles. The number of benzene rings is 1. The lowest BCUT2D eigenvalue weighted by atomic mass is 10.2. The van der Waals surface area contributed by atoms with Gasteiger partial charge in [0.15, 0.2) is 0 Å². The van der Waals surface area contributed by atoms with E-state index in [2.05, 4.69) is 71.3 Å². The monoisotopic (exact) mass is 298 g/mol. The zero-order valence-corrected chi connectivity index (χ0v) is 12.6. The summed E-state index contributed by atoms with van der Waals surface area (Å²) in [6.45, 7) is 7.63. The van der Waals surface area contributed by atoms with Crippen LogP contribution >= 0.6 is 15.9 Å². The molecule has 0 aromatic heterocycles. The minimum atomic E-state index is 0.560. The quantitative estimate of drug-likeness (QED) is 0.777. The summed E-state index contributed by atoms with van der Waals surface area (Å²) in [7, 11) is 2.18. The number of hydrogen-bond donors (Lipinski definition) is 1. The van der Waals surface area contributed by atoms with Gasteiger partial charge < -0.3 is 5.32 Å². The average molecular weight is 299 g/mol. The maximum absolute atomic E-state index is 3.46. The molecule has 0 aliphatic rings. The van der Waals surface area contributed by atoms with Crippen molar-refractivity contribution >= 4 is 15.9 Å². The van der Waals surface area contributed by atoms with Crippen LogP contribution in [0.15, 0.2) is 28.7 Å². The van der Waals surface area contributed by atoms with Gasteiger partial charge in [-0.3, -0.25) is 4.90 Å². The first kappa shape index (κ1) is 14.7. The first-order valence-electron chi connectivity index (χ1n) is 6.29. The van der Waals surface area contributed by atoms with Crippen LogP contribution < -0.4 is 5.32 Å². The fraction of sp³-hybridized carbons (Fsp3) is 0.571. The molecule has 1 rings (SSSR count). The Morgan fingerprint density at radius 1 is 1.29 bits per heavy atom. The number of likely N-dealkylation sites (N-methyl/N-ethyl adjacent to an activating group) is 1. The van der Waals surface area contributed by atoms with Gasteiger partial charge in [0.25, 0.3) is 0 Å². The Hall–Kier alpha value is -0.380. The fourth-order valence-corrected chi connectivity index (χ4v) is 1.94. The molecule has 0 amide bonds. The van der Waals surface area contributed by atoms with Crippen molar-refractivity contribution in [3.63, 3.8) is 0 Å². The number of halogens is 1. The molecule has 0 saturated heterocycles. The molecule has 0 fully saturated rings. The fourth-order valence-electron chi connectivity index (χ4n) is 1.68. The van der Waals surface area contributed by atoms with Gasteiger partial charge >= 0.3 is 0 Å². The van der Waals surface area contributed by atoms with E-state index in [0.29, 0.717) is 6.04 Å². The first-order chi connectivity index (χ1) is 8.13. The summed E-state index contributed by atoms with van der Waals surface area (Å²) in [4.78, 5) is 2.38. The lowest BCUT2D eigenvalue weighted by Crippen LogP contribution is -2.37. The van der Waals surface area contributed by atoms with Crippen LogP contribution in [-0.4, -0.2) is 31.1 Å². The third kappa shape index (κ3) is 5.66. The second-order valence-electron chi connectivity index (χ2n) is 4.59. The van der Waals surface area contributed by atoms with Gasteiger partial charge in [0, 0.05) is 23.6 Å². The van der Waals surface area contributed by atoms with Crippen LogP contribution in [0.2, 0.25) is 0 Å². The van der Waals surface area contributed by atoms with Gasteiger partial charge in [-0.25, -0.2) is 0 Å². The van der Waals surface area contributed by atoms with Gasteiger partial charge in [0.2, 0.25) is 0 Å². The van der Waals surface area contributed by atoms with Crippen LogP contribution in [0.5, 0.6) is 0 Å². The van der Waals surface area contributed by atoms with E-state index in [-0.39, 0.29) is 0 Å². The maximum atomic E-state index is 3.46. The minimum Gasteiger partial charge on any atom is -0.315 e. The number of nitrogens with one attached hydrogen (secondary N) is 1. The molecule has 17 heavy (non-hydrogen) atoms. The van der Waals surface area contributed by atoms with Crippen molar-refractivity contribution in [1.82, 2.24) is 10.2 Å². The molecule has 0 saturated carbocycles. The number of rotatable bonds is 7. The Balaban J connectivity index is 2.37. The standard InChI is InChI=1S/C14H23BrN2/c1-4-9-16-10-12(2)17(3)11-13-5-7-14(15)8-6-13/h5-8,12,16H,4,9-11H2,1-3H3.